The molecule has 0 spiro atoms. The Balaban J connectivity index is 1.75. The summed E-state index contributed by atoms with van der Waals surface area (Å²) >= 11 is 0. The van der Waals surface area contributed by atoms with E-state index in [-0.39, 0.29) is 24.5 Å². The first-order chi connectivity index (χ1) is 12.8. The van der Waals surface area contributed by atoms with Crippen molar-refractivity contribution in [3.8, 4) is 0 Å². The normalized spacial score (nSPS) is 16.5. The molecular weight excluding hydrogens is 348 g/mol. The molecule has 0 unspecified atom stereocenters. The summed E-state index contributed by atoms with van der Waals surface area (Å²) in [4.78, 5) is 48.4. The lowest BCUT2D eigenvalue weighted by atomic mass is 10.1. The van der Waals surface area contributed by atoms with Gasteiger partial charge in [0.25, 0.3) is 5.91 Å². The molecule has 0 aliphatic carbocycles. The van der Waals surface area contributed by atoms with Crippen LogP contribution < -0.4 is 10.2 Å². The number of carbonyl (C=O) groups excluding carboxylic acids is 3. The molecule has 1 atom stereocenters. The Morgan fingerprint density at radius 2 is 1.85 bits per heavy atom. The van der Waals surface area contributed by atoms with Crippen LogP contribution in [0.4, 0.5) is 11.4 Å². The summed E-state index contributed by atoms with van der Waals surface area (Å²) in [6, 6.07) is 12.4. The van der Waals surface area contributed by atoms with Crippen LogP contribution in [0.5, 0.6) is 0 Å². The van der Waals surface area contributed by atoms with Gasteiger partial charge in [-0.2, -0.15) is 0 Å². The zero-order valence-electron chi connectivity index (χ0n) is 14.6. The smallest absolute Gasteiger partial charge is 0.307 e. The summed E-state index contributed by atoms with van der Waals surface area (Å²) in [6.07, 6.45) is -0.0819. The number of anilines is 2. The molecule has 27 heavy (non-hydrogen) atoms. The number of hydrogen-bond donors (Lipinski definition) is 2. The summed E-state index contributed by atoms with van der Waals surface area (Å²) < 4.78 is 0. The number of imide groups is 1. The monoisotopic (exact) mass is 366 g/mol. The number of carboxylic acids is 1. The second-order valence-electron chi connectivity index (χ2n) is 6.34. The van der Waals surface area contributed by atoms with Gasteiger partial charge in [0.05, 0.1) is 18.5 Å². The van der Waals surface area contributed by atoms with Gasteiger partial charge in [-0.25, -0.2) is 4.90 Å². The lowest BCUT2D eigenvalue weighted by Gasteiger charge is -2.16. The predicted molar refractivity (Wildman–Crippen MR) is 98.7 cm³/mol. The fraction of sp³-hybridized carbons (Fsp3) is 0.200. The van der Waals surface area contributed by atoms with Crippen LogP contribution in [0.1, 0.15) is 29.3 Å². The maximum absolute atomic E-state index is 12.7. The van der Waals surface area contributed by atoms with Gasteiger partial charge in [0.2, 0.25) is 5.91 Å². The van der Waals surface area contributed by atoms with Crippen molar-refractivity contribution in [3.63, 3.8) is 0 Å². The number of ketones is 1. The van der Waals surface area contributed by atoms with E-state index in [0.717, 1.165) is 4.90 Å². The average molecular weight is 366 g/mol. The van der Waals surface area contributed by atoms with Gasteiger partial charge in [-0.15, -0.1) is 0 Å². The molecule has 0 radical (unpaired) electrons. The number of carbonyl (C=O) groups is 4. The number of aliphatic carboxylic acids is 1. The largest absolute Gasteiger partial charge is 0.481 e. The zero-order valence-corrected chi connectivity index (χ0v) is 14.6. The molecule has 0 saturated carbocycles. The Kier molecular flexibility index (Phi) is 5.03. The standard InChI is InChI=1S/C20H18N2O5/c1-12(23)14-3-2-4-16(10-14)22-18(24)11-17(20(22)27)21-15-7-5-13(6-8-15)9-19(25)26/h2-8,10,17,21H,9,11H2,1H3,(H,25,26)/t17-/m1/s1. The summed E-state index contributed by atoms with van der Waals surface area (Å²) in [6.45, 7) is 1.42. The Morgan fingerprint density at radius 3 is 2.48 bits per heavy atom. The topological polar surface area (TPSA) is 104 Å². The first kappa shape index (κ1) is 18.3. The minimum absolute atomic E-state index is 0.00000966. The minimum Gasteiger partial charge on any atom is -0.481 e. The van der Waals surface area contributed by atoms with Crippen molar-refractivity contribution < 1.29 is 24.3 Å². The molecule has 7 heteroatoms. The van der Waals surface area contributed by atoms with Crippen LogP contribution in [0.15, 0.2) is 48.5 Å². The second-order valence-corrected chi connectivity index (χ2v) is 6.34. The van der Waals surface area contributed by atoms with Gasteiger partial charge < -0.3 is 10.4 Å². The highest BCUT2D eigenvalue weighted by Gasteiger charge is 2.39. The molecule has 138 valence electrons. The highest BCUT2D eigenvalue weighted by atomic mass is 16.4. The van der Waals surface area contributed by atoms with E-state index in [9.17, 15) is 19.2 Å². The average Bonchev–Trinajstić information content (AvgIpc) is 2.90. The first-order valence-corrected chi connectivity index (χ1v) is 8.40. The molecule has 2 aromatic rings. The minimum atomic E-state index is -0.921. The zero-order chi connectivity index (χ0) is 19.6. The van der Waals surface area contributed by atoms with E-state index in [1.165, 1.54) is 13.0 Å². The van der Waals surface area contributed by atoms with Gasteiger partial charge in [-0.1, -0.05) is 24.3 Å². The number of hydrogen-bond acceptors (Lipinski definition) is 5. The summed E-state index contributed by atoms with van der Waals surface area (Å²) in [7, 11) is 0. The Hall–Kier alpha value is -3.48. The highest BCUT2D eigenvalue weighted by molar-refractivity contribution is 6.23. The van der Waals surface area contributed by atoms with Gasteiger partial charge in [-0.05, 0) is 36.8 Å². The number of nitrogens with one attached hydrogen (secondary N) is 1. The number of amides is 2. The molecule has 1 aliphatic heterocycles. The molecule has 7 nitrogen and oxygen atoms in total. The van der Waals surface area contributed by atoms with Gasteiger partial charge >= 0.3 is 5.97 Å². The van der Waals surface area contributed by atoms with Gasteiger partial charge in [-0.3, -0.25) is 19.2 Å². The number of carboxylic acid groups (broad SMARTS) is 1. The van der Waals surface area contributed by atoms with Gasteiger partial charge in [0.15, 0.2) is 5.78 Å². The molecule has 1 heterocycles. The Labute approximate surface area is 155 Å². The molecular formula is C20H18N2O5. The van der Waals surface area contributed by atoms with Crippen LogP contribution in [0, 0.1) is 0 Å². The van der Waals surface area contributed by atoms with Crippen LogP contribution in [-0.2, 0) is 20.8 Å². The third-order valence-electron chi connectivity index (χ3n) is 4.31. The lowest BCUT2D eigenvalue weighted by Crippen LogP contribution is -2.34. The van der Waals surface area contributed by atoms with Gasteiger partial charge in [0, 0.05) is 11.3 Å². The fourth-order valence-electron chi connectivity index (χ4n) is 2.97. The van der Waals surface area contributed by atoms with Gasteiger partial charge in [0.1, 0.15) is 6.04 Å². The van der Waals surface area contributed by atoms with Crippen LogP contribution in [-0.4, -0.2) is 34.7 Å². The van der Waals surface area contributed by atoms with Crippen molar-refractivity contribution in [2.45, 2.75) is 25.8 Å². The van der Waals surface area contributed by atoms with Crippen molar-refractivity contribution in [1.82, 2.24) is 0 Å². The first-order valence-electron chi connectivity index (χ1n) is 8.40. The van der Waals surface area contributed by atoms with Crippen molar-refractivity contribution in [2.24, 2.45) is 0 Å². The van der Waals surface area contributed by atoms with E-state index in [2.05, 4.69) is 5.32 Å². The Morgan fingerprint density at radius 1 is 1.15 bits per heavy atom. The lowest BCUT2D eigenvalue weighted by molar-refractivity contribution is -0.136. The van der Waals surface area contributed by atoms with E-state index in [1.807, 2.05) is 0 Å². The predicted octanol–water partition coefficient (Wildman–Crippen LogP) is 2.26. The van der Waals surface area contributed by atoms with Crippen LogP contribution in [0.25, 0.3) is 0 Å². The number of nitrogens with zero attached hydrogens (tertiary/aromatic N) is 1. The van der Waals surface area contributed by atoms with E-state index in [1.54, 1.807) is 42.5 Å². The fourth-order valence-corrected chi connectivity index (χ4v) is 2.97. The molecule has 3 rings (SSSR count). The third kappa shape index (κ3) is 4.03. The molecule has 0 aromatic heterocycles. The highest BCUT2D eigenvalue weighted by Crippen LogP contribution is 2.26. The van der Waals surface area contributed by atoms with Crippen LogP contribution in [0.3, 0.4) is 0 Å². The summed E-state index contributed by atoms with van der Waals surface area (Å²) in [5.74, 6) is -1.81. The maximum Gasteiger partial charge on any atom is 0.307 e. The Bertz CT molecular complexity index is 920. The second kappa shape index (κ2) is 7.41. The molecule has 1 saturated heterocycles. The number of benzene rings is 2. The number of Topliss-reactive ketones (excluding diaryl/α,β-unsaturated/α-hetero) is 1. The molecule has 2 N–H and O–H groups in total. The summed E-state index contributed by atoms with van der Waals surface area (Å²) in [5.41, 5.74) is 2.07. The molecule has 2 aromatic carbocycles. The van der Waals surface area contributed by atoms with E-state index in [4.69, 9.17) is 5.11 Å². The van der Waals surface area contributed by atoms with Crippen molar-refractivity contribution in [1.29, 1.82) is 0 Å². The molecule has 1 fully saturated rings. The van der Waals surface area contributed by atoms with E-state index >= 15 is 0 Å². The van der Waals surface area contributed by atoms with Crippen molar-refractivity contribution in [2.75, 3.05) is 10.2 Å². The van der Waals surface area contributed by atoms with Crippen LogP contribution in [0.2, 0.25) is 0 Å². The van der Waals surface area contributed by atoms with Crippen molar-refractivity contribution >= 4 is 34.9 Å². The van der Waals surface area contributed by atoms with E-state index < -0.39 is 17.9 Å². The quantitative estimate of drug-likeness (QED) is 0.600. The van der Waals surface area contributed by atoms with Crippen LogP contribution >= 0.6 is 0 Å². The molecule has 0 bridgehead atoms. The SMILES string of the molecule is CC(=O)c1cccc(N2C(=O)C[C@@H](Nc3ccc(CC(=O)O)cc3)C2=O)c1. The summed E-state index contributed by atoms with van der Waals surface area (Å²) in [5, 5.41) is 11.8. The third-order valence-corrected chi connectivity index (χ3v) is 4.31. The van der Waals surface area contributed by atoms with E-state index in [0.29, 0.717) is 22.5 Å². The number of rotatable bonds is 6. The van der Waals surface area contributed by atoms with Crippen molar-refractivity contribution in [3.05, 3.63) is 59.7 Å². The maximum atomic E-state index is 12.7. The molecule has 2 amide bonds. The molecule has 1 aliphatic rings.